The highest BCUT2D eigenvalue weighted by molar-refractivity contribution is 7.99. The summed E-state index contributed by atoms with van der Waals surface area (Å²) >= 11 is 1.65. The van der Waals surface area contributed by atoms with E-state index in [0.717, 1.165) is 5.75 Å². The van der Waals surface area contributed by atoms with Crippen molar-refractivity contribution in [3.05, 3.63) is 0 Å². The highest BCUT2D eigenvalue weighted by Gasteiger charge is 2.28. The number of nitrogens with zero attached hydrogens (tertiary/aromatic N) is 1. The van der Waals surface area contributed by atoms with Gasteiger partial charge in [0.25, 0.3) is 0 Å². The molecular weight excluding hydrogens is 244 g/mol. The first-order valence-corrected chi connectivity index (χ1v) is 6.49. The van der Waals surface area contributed by atoms with Crippen LogP contribution < -0.4 is 5.32 Å². The maximum atomic E-state index is 11.8. The first-order chi connectivity index (χ1) is 8.00. The Morgan fingerprint density at radius 3 is 2.76 bits per heavy atom. The van der Waals surface area contributed by atoms with Crippen LogP contribution in [0.2, 0.25) is 0 Å². The molecule has 0 bridgehead atoms. The molecule has 0 spiro atoms. The molecular formula is C10H16N2O4S. The predicted molar refractivity (Wildman–Crippen MR) is 63.8 cm³/mol. The van der Waals surface area contributed by atoms with E-state index in [2.05, 4.69) is 5.32 Å². The Kier molecular flexibility index (Phi) is 5.27. The minimum atomic E-state index is -0.908. The first kappa shape index (κ1) is 13.8. The van der Waals surface area contributed by atoms with E-state index in [1.54, 1.807) is 16.7 Å². The number of nitrogens with one attached hydrogen (secondary N) is 1. The van der Waals surface area contributed by atoms with E-state index in [0.29, 0.717) is 12.3 Å². The summed E-state index contributed by atoms with van der Waals surface area (Å²) < 4.78 is 0. The molecule has 1 fully saturated rings. The van der Waals surface area contributed by atoms with Gasteiger partial charge in [-0.3, -0.25) is 14.4 Å². The zero-order chi connectivity index (χ0) is 12.8. The number of carbonyl (C=O) groups excluding carboxylic acids is 2. The fourth-order valence-electron chi connectivity index (χ4n) is 1.66. The third kappa shape index (κ3) is 4.64. The van der Waals surface area contributed by atoms with Crippen LogP contribution in [0.25, 0.3) is 0 Å². The van der Waals surface area contributed by atoms with E-state index in [4.69, 9.17) is 5.11 Å². The molecule has 0 aromatic heterocycles. The normalized spacial score (nSPS) is 19.8. The predicted octanol–water partition coefficient (Wildman–Crippen LogP) is -0.459. The lowest BCUT2D eigenvalue weighted by atomic mass is 10.2. The van der Waals surface area contributed by atoms with Crippen molar-refractivity contribution in [1.82, 2.24) is 10.2 Å². The summed E-state index contributed by atoms with van der Waals surface area (Å²) in [5.41, 5.74) is 0. The second-order valence-electron chi connectivity index (χ2n) is 3.82. The van der Waals surface area contributed by atoms with Crippen LogP contribution in [-0.2, 0) is 14.4 Å². The van der Waals surface area contributed by atoms with Gasteiger partial charge in [0.05, 0.1) is 19.0 Å². The Bertz CT molecular complexity index is 321. The van der Waals surface area contributed by atoms with Crippen molar-refractivity contribution in [2.75, 3.05) is 24.6 Å². The van der Waals surface area contributed by atoms with Crippen LogP contribution in [0.3, 0.4) is 0 Å². The smallest absolute Gasteiger partial charge is 0.305 e. The minimum Gasteiger partial charge on any atom is -0.481 e. The average Bonchev–Trinajstić information content (AvgIpc) is 2.25. The van der Waals surface area contributed by atoms with E-state index >= 15 is 0 Å². The molecule has 1 aliphatic rings. The Balaban J connectivity index is 2.54. The molecule has 0 aromatic rings. The van der Waals surface area contributed by atoms with Gasteiger partial charge in [-0.15, -0.1) is 0 Å². The summed E-state index contributed by atoms with van der Waals surface area (Å²) in [7, 11) is 0. The number of hydrogen-bond donors (Lipinski definition) is 2. The molecule has 2 N–H and O–H groups in total. The Morgan fingerprint density at radius 2 is 2.18 bits per heavy atom. The molecule has 6 nitrogen and oxygen atoms in total. The summed E-state index contributed by atoms with van der Waals surface area (Å²) in [6.07, 6.45) is -0.0428. The number of rotatable bonds is 4. The third-order valence-electron chi connectivity index (χ3n) is 2.45. The molecule has 0 radical (unpaired) electrons. The van der Waals surface area contributed by atoms with Crippen LogP contribution in [0.15, 0.2) is 0 Å². The van der Waals surface area contributed by atoms with Gasteiger partial charge in [-0.1, -0.05) is 0 Å². The monoisotopic (exact) mass is 260 g/mol. The third-order valence-corrected chi connectivity index (χ3v) is 3.54. The molecule has 96 valence electrons. The molecule has 1 saturated heterocycles. The fourth-order valence-corrected chi connectivity index (χ4v) is 2.72. The zero-order valence-electron chi connectivity index (χ0n) is 9.64. The van der Waals surface area contributed by atoms with Crippen molar-refractivity contribution >= 4 is 29.5 Å². The van der Waals surface area contributed by atoms with Crippen molar-refractivity contribution < 1.29 is 19.5 Å². The second kappa shape index (κ2) is 6.48. The molecule has 1 heterocycles. The zero-order valence-corrected chi connectivity index (χ0v) is 10.5. The van der Waals surface area contributed by atoms with Crippen LogP contribution in [0.1, 0.15) is 13.3 Å². The fraction of sp³-hybridized carbons (Fsp3) is 0.700. The van der Waals surface area contributed by atoms with Crippen LogP contribution in [0, 0.1) is 0 Å². The van der Waals surface area contributed by atoms with Gasteiger partial charge in [0, 0.05) is 25.0 Å². The Labute approximate surface area is 104 Å². The highest BCUT2D eigenvalue weighted by atomic mass is 32.2. The molecule has 1 rings (SSSR count). The second-order valence-corrected chi connectivity index (χ2v) is 4.97. The summed E-state index contributed by atoms with van der Waals surface area (Å²) in [6.45, 7) is 1.82. The number of carboxylic acid groups (broad SMARTS) is 1. The molecule has 0 saturated carbocycles. The molecule has 7 heteroatoms. The lowest BCUT2D eigenvalue weighted by Gasteiger charge is -2.34. The Morgan fingerprint density at radius 1 is 1.47 bits per heavy atom. The summed E-state index contributed by atoms with van der Waals surface area (Å²) in [5.74, 6) is 0.0566. The number of hydrogen-bond acceptors (Lipinski definition) is 4. The molecule has 0 aliphatic carbocycles. The van der Waals surface area contributed by atoms with E-state index in [9.17, 15) is 14.4 Å². The summed E-state index contributed by atoms with van der Waals surface area (Å²) in [6, 6.07) is -0.271. The molecule has 2 amide bonds. The molecule has 0 aromatic carbocycles. The lowest BCUT2D eigenvalue weighted by molar-refractivity contribution is -0.140. The van der Waals surface area contributed by atoms with Crippen LogP contribution in [0.4, 0.5) is 0 Å². The standard InChI is InChI=1S/C10H16N2O4S/c1-7(13)11-5-9(14)12-2-3-17-6-8(12)4-10(15)16/h8H,2-6H2,1H3,(H,11,13)(H,15,16). The van der Waals surface area contributed by atoms with Gasteiger partial charge in [0.2, 0.25) is 11.8 Å². The number of carboxylic acids is 1. The van der Waals surface area contributed by atoms with Crippen LogP contribution in [0.5, 0.6) is 0 Å². The minimum absolute atomic E-state index is 0.0428. The first-order valence-electron chi connectivity index (χ1n) is 5.34. The van der Waals surface area contributed by atoms with Gasteiger partial charge in [-0.05, 0) is 0 Å². The largest absolute Gasteiger partial charge is 0.481 e. The number of carbonyl (C=O) groups is 3. The van der Waals surface area contributed by atoms with Crippen LogP contribution in [-0.4, -0.2) is 58.4 Å². The quantitative estimate of drug-likeness (QED) is 0.714. The molecule has 1 atom stereocenters. The molecule has 1 unspecified atom stereocenters. The van der Waals surface area contributed by atoms with Gasteiger partial charge < -0.3 is 15.3 Å². The van der Waals surface area contributed by atoms with E-state index < -0.39 is 5.97 Å². The highest BCUT2D eigenvalue weighted by Crippen LogP contribution is 2.18. The molecule has 1 aliphatic heterocycles. The summed E-state index contributed by atoms with van der Waals surface area (Å²) in [5, 5.41) is 11.2. The van der Waals surface area contributed by atoms with E-state index in [1.165, 1.54) is 6.92 Å². The van der Waals surface area contributed by atoms with Gasteiger partial charge in [0.15, 0.2) is 0 Å². The number of thioether (sulfide) groups is 1. The number of aliphatic carboxylic acids is 1. The van der Waals surface area contributed by atoms with E-state index in [1.807, 2.05) is 0 Å². The summed E-state index contributed by atoms with van der Waals surface area (Å²) in [4.78, 5) is 34.8. The molecule has 17 heavy (non-hydrogen) atoms. The maximum Gasteiger partial charge on any atom is 0.305 e. The van der Waals surface area contributed by atoms with Crippen molar-refractivity contribution in [2.45, 2.75) is 19.4 Å². The lowest BCUT2D eigenvalue weighted by Crippen LogP contribution is -2.50. The van der Waals surface area contributed by atoms with Gasteiger partial charge in [0.1, 0.15) is 0 Å². The van der Waals surface area contributed by atoms with Gasteiger partial charge in [-0.2, -0.15) is 11.8 Å². The van der Waals surface area contributed by atoms with Gasteiger partial charge in [-0.25, -0.2) is 0 Å². The Hall–Kier alpha value is -1.24. The van der Waals surface area contributed by atoms with Gasteiger partial charge >= 0.3 is 5.97 Å². The number of amides is 2. The van der Waals surface area contributed by atoms with E-state index in [-0.39, 0.29) is 30.8 Å². The average molecular weight is 260 g/mol. The van der Waals surface area contributed by atoms with Crippen LogP contribution >= 0.6 is 11.8 Å². The maximum absolute atomic E-state index is 11.8. The van der Waals surface area contributed by atoms with Crippen molar-refractivity contribution in [3.63, 3.8) is 0 Å². The van der Waals surface area contributed by atoms with Crippen molar-refractivity contribution in [2.24, 2.45) is 0 Å². The topological polar surface area (TPSA) is 86.7 Å². The SMILES string of the molecule is CC(=O)NCC(=O)N1CCSCC1CC(=O)O. The van der Waals surface area contributed by atoms with Crippen molar-refractivity contribution in [3.8, 4) is 0 Å². The van der Waals surface area contributed by atoms with Crippen molar-refractivity contribution in [1.29, 1.82) is 0 Å².